The first-order valence-electron chi connectivity index (χ1n) is 7.33. The van der Waals surface area contributed by atoms with Crippen LogP contribution in [-0.2, 0) is 0 Å². The molecule has 1 aliphatic rings. The van der Waals surface area contributed by atoms with Gasteiger partial charge in [-0.1, -0.05) is 19.0 Å². The van der Waals surface area contributed by atoms with Gasteiger partial charge in [-0.05, 0) is 39.5 Å². The molecule has 5 heteroatoms. The molecule has 112 valence electrons. The van der Waals surface area contributed by atoms with Crippen molar-refractivity contribution in [3.8, 4) is 0 Å². The number of likely N-dealkylation sites (tertiary alicyclic amines) is 1. The zero-order valence-electron chi connectivity index (χ0n) is 13.1. The molecule has 1 saturated heterocycles. The van der Waals surface area contributed by atoms with Gasteiger partial charge in [0.15, 0.2) is 5.76 Å². The topological polar surface area (TPSA) is 58.4 Å². The maximum atomic E-state index is 12.3. The van der Waals surface area contributed by atoms with Crippen molar-refractivity contribution in [2.45, 2.75) is 65.0 Å². The molecule has 1 fully saturated rings. The van der Waals surface area contributed by atoms with E-state index in [1.165, 1.54) is 0 Å². The molecule has 1 aromatic rings. The average molecular weight is 279 g/mol. The number of rotatable bonds is 2. The fraction of sp³-hybridized carbons (Fsp3) is 0.733. The van der Waals surface area contributed by atoms with E-state index in [-0.39, 0.29) is 17.6 Å². The molecule has 0 radical (unpaired) electrons. The van der Waals surface area contributed by atoms with E-state index in [2.05, 4.69) is 24.3 Å². The summed E-state index contributed by atoms with van der Waals surface area (Å²) in [6.45, 7) is 10.9. The highest BCUT2D eigenvalue weighted by atomic mass is 16.5. The smallest absolute Gasteiger partial charge is 0.318 e. The fourth-order valence-corrected chi connectivity index (χ4v) is 2.43. The van der Waals surface area contributed by atoms with E-state index in [9.17, 15) is 4.79 Å². The highest BCUT2D eigenvalue weighted by molar-refractivity contribution is 5.75. The first kappa shape index (κ1) is 14.9. The Hall–Kier alpha value is -1.52. The van der Waals surface area contributed by atoms with Crippen LogP contribution in [0.1, 0.15) is 70.9 Å². The van der Waals surface area contributed by atoms with Crippen molar-refractivity contribution in [2.75, 3.05) is 6.54 Å². The minimum absolute atomic E-state index is 0.0114. The van der Waals surface area contributed by atoms with Gasteiger partial charge in [0.1, 0.15) is 0 Å². The van der Waals surface area contributed by atoms with Crippen molar-refractivity contribution in [2.24, 2.45) is 0 Å². The molecule has 1 atom stereocenters. The molecular weight excluding hydrogens is 254 g/mol. The predicted molar refractivity (Wildman–Crippen MR) is 77.6 cm³/mol. The lowest BCUT2D eigenvalue weighted by Gasteiger charge is -2.28. The van der Waals surface area contributed by atoms with Crippen LogP contribution in [0.25, 0.3) is 0 Å². The van der Waals surface area contributed by atoms with Crippen LogP contribution < -0.4 is 5.32 Å². The molecule has 0 bridgehead atoms. The van der Waals surface area contributed by atoms with Gasteiger partial charge in [0, 0.05) is 18.2 Å². The molecule has 0 saturated carbocycles. The summed E-state index contributed by atoms with van der Waals surface area (Å²) in [4.78, 5) is 14.2. The van der Waals surface area contributed by atoms with Crippen LogP contribution in [0, 0.1) is 0 Å². The maximum absolute atomic E-state index is 12.3. The van der Waals surface area contributed by atoms with E-state index in [0.29, 0.717) is 5.92 Å². The zero-order chi connectivity index (χ0) is 14.9. The summed E-state index contributed by atoms with van der Waals surface area (Å²) in [5.41, 5.74) is 0.720. The molecule has 2 rings (SSSR count). The Balaban J connectivity index is 2.12. The molecular formula is C15H25N3O2. The van der Waals surface area contributed by atoms with Crippen LogP contribution in [-0.4, -0.2) is 28.2 Å². The summed E-state index contributed by atoms with van der Waals surface area (Å²) in [7, 11) is 0. The van der Waals surface area contributed by atoms with E-state index in [4.69, 9.17) is 4.52 Å². The zero-order valence-corrected chi connectivity index (χ0v) is 13.1. The van der Waals surface area contributed by atoms with Crippen molar-refractivity contribution in [3.63, 3.8) is 0 Å². The van der Waals surface area contributed by atoms with Gasteiger partial charge in [-0.3, -0.25) is 0 Å². The van der Waals surface area contributed by atoms with Crippen molar-refractivity contribution in [1.82, 2.24) is 15.4 Å². The Kier molecular flexibility index (Phi) is 4.06. The molecule has 1 aromatic heterocycles. The van der Waals surface area contributed by atoms with Gasteiger partial charge in [0.2, 0.25) is 0 Å². The highest BCUT2D eigenvalue weighted by Gasteiger charge is 2.34. The first-order valence-corrected chi connectivity index (χ1v) is 7.33. The number of urea groups is 1. The monoisotopic (exact) mass is 279 g/mol. The molecule has 1 N–H and O–H groups in total. The van der Waals surface area contributed by atoms with Gasteiger partial charge in [0.05, 0.1) is 11.7 Å². The molecule has 0 unspecified atom stereocenters. The average Bonchev–Trinajstić information content (AvgIpc) is 2.95. The van der Waals surface area contributed by atoms with Crippen LogP contribution in [0.3, 0.4) is 0 Å². The summed E-state index contributed by atoms with van der Waals surface area (Å²) >= 11 is 0. The maximum Gasteiger partial charge on any atom is 0.318 e. The van der Waals surface area contributed by atoms with Crippen LogP contribution >= 0.6 is 0 Å². The second-order valence-corrected chi connectivity index (χ2v) is 6.84. The van der Waals surface area contributed by atoms with E-state index in [0.717, 1.165) is 30.8 Å². The van der Waals surface area contributed by atoms with Crippen molar-refractivity contribution in [1.29, 1.82) is 0 Å². The van der Waals surface area contributed by atoms with Crippen LogP contribution in [0.4, 0.5) is 4.79 Å². The van der Waals surface area contributed by atoms with Gasteiger partial charge in [-0.25, -0.2) is 4.79 Å². The molecule has 0 aromatic carbocycles. The first-order chi connectivity index (χ1) is 9.28. The van der Waals surface area contributed by atoms with Gasteiger partial charge in [-0.2, -0.15) is 0 Å². The summed E-state index contributed by atoms with van der Waals surface area (Å²) in [6, 6.07) is 1.97. The molecule has 5 nitrogen and oxygen atoms in total. The third-order valence-electron chi connectivity index (χ3n) is 3.46. The second kappa shape index (κ2) is 5.46. The van der Waals surface area contributed by atoms with E-state index < -0.39 is 0 Å². The Morgan fingerprint density at radius 3 is 2.75 bits per heavy atom. The number of nitrogens with zero attached hydrogens (tertiary/aromatic N) is 2. The molecule has 2 heterocycles. The molecule has 0 aliphatic carbocycles. The summed E-state index contributed by atoms with van der Waals surface area (Å²) in [5.74, 6) is 1.14. The van der Waals surface area contributed by atoms with Crippen molar-refractivity contribution in [3.05, 3.63) is 17.5 Å². The Bertz CT molecular complexity index is 474. The predicted octanol–water partition coefficient (Wildman–Crippen LogP) is 3.44. The van der Waals surface area contributed by atoms with E-state index >= 15 is 0 Å². The summed E-state index contributed by atoms with van der Waals surface area (Å²) < 4.78 is 5.45. The van der Waals surface area contributed by atoms with Crippen LogP contribution in [0.5, 0.6) is 0 Å². The summed E-state index contributed by atoms with van der Waals surface area (Å²) in [5, 5.41) is 7.11. The quantitative estimate of drug-likeness (QED) is 0.902. The van der Waals surface area contributed by atoms with Gasteiger partial charge in [-0.15, -0.1) is 0 Å². The number of amides is 2. The minimum atomic E-state index is -0.227. The normalized spacial score (nSPS) is 19.7. The molecule has 2 amide bonds. The van der Waals surface area contributed by atoms with Crippen molar-refractivity contribution >= 4 is 6.03 Å². The molecule has 1 aliphatic heterocycles. The highest BCUT2D eigenvalue weighted by Crippen LogP contribution is 2.33. The third kappa shape index (κ3) is 3.32. The van der Waals surface area contributed by atoms with Gasteiger partial charge < -0.3 is 14.7 Å². The van der Waals surface area contributed by atoms with Crippen LogP contribution in [0.15, 0.2) is 10.6 Å². The lowest BCUT2D eigenvalue weighted by atomic mass is 10.1. The van der Waals surface area contributed by atoms with Crippen molar-refractivity contribution < 1.29 is 9.32 Å². The Morgan fingerprint density at radius 2 is 2.20 bits per heavy atom. The van der Waals surface area contributed by atoms with Gasteiger partial charge >= 0.3 is 6.03 Å². The minimum Gasteiger partial charge on any atom is -0.359 e. The Morgan fingerprint density at radius 1 is 1.50 bits per heavy atom. The fourth-order valence-electron chi connectivity index (χ4n) is 2.43. The number of carbonyl (C=O) groups is 1. The summed E-state index contributed by atoms with van der Waals surface area (Å²) in [6.07, 6.45) is 1.93. The lowest BCUT2D eigenvalue weighted by molar-refractivity contribution is 0.174. The number of aromatic nitrogens is 1. The van der Waals surface area contributed by atoms with E-state index in [1.807, 2.05) is 31.7 Å². The van der Waals surface area contributed by atoms with E-state index in [1.54, 1.807) is 0 Å². The number of hydrogen-bond acceptors (Lipinski definition) is 3. The standard InChI is InChI=1S/C15H25N3O2/c1-10(2)11-9-13(20-17-11)12-7-6-8-18(12)14(19)16-15(3,4)5/h9-10,12H,6-8H2,1-5H3,(H,16,19)/t12-/m0/s1. The molecule has 20 heavy (non-hydrogen) atoms. The number of carbonyl (C=O) groups excluding carboxylic acids is 1. The van der Waals surface area contributed by atoms with Gasteiger partial charge in [0.25, 0.3) is 0 Å². The molecule has 0 spiro atoms. The second-order valence-electron chi connectivity index (χ2n) is 6.84. The Labute approximate surface area is 120 Å². The lowest BCUT2D eigenvalue weighted by Crippen LogP contribution is -2.48. The number of hydrogen-bond donors (Lipinski definition) is 1. The number of nitrogens with one attached hydrogen (secondary N) is 1. The SMILES string of the molecule is CC(C)c1cc([C@@H]2CCCN2C(=O)NC(C)(C)C)on1. The van der Waals surface area contributed by atoms with Crippen LogP contribution in [0.2, 0.25) is 0 Å². The largest absolute Gasteiger partial charge is 0.359 e. The third-order valence-corrected chi connectivity index (χ3v) is 3.46.